The van der Waals surface area contributed by atoms with Crippen LogP contribution in [0.4, 0.5) is 0 Å². The molecule has 0 spiro atoms. The molecule has 2 rings (SSSR count). The van der Waals surface area contributed by atoms with Crippen LogP contribution in [0.3, 0.4) is 0 Å². The van der Waals surface area contributed by atoms with Gasteiger partial charge in [0.05, 0.1) is 17.8 Å². The third-order valence-electron chi connectivity index (χ3n) is 2.59. The Labute approximate surface area is 76.2 Å². The van der Waals surface area contributed by atoms with E-state index in [1.807, 2.05) is 6.92 Å². The van der Waals surface area contributed by atoms with Crippen molar-refractivity contribution in [3.63, 3.8) is 0 Å². The number of rotatable bonds is 2. The smallest absolute Gasteiger partial charge is 0.312 e. The SMILES string of the molecule is CCn1ncc2c1[C@H](C(=O)O)CC2. The van der Waals surface area contributed by atoms with E-state index in [1.165, 1.54) is 0 Å². The molecule has 1 aliphatic carbocycles. The van der Waals surface area contributed by atoms with Crippen LogP contribution in [0, 0.1) is 0 Å². The molecule has 70 valence electrons. The van der Waals surface area contributed by atoms with E-state index in [4.69, 9.17) is 5.11 Å². The number of hydrogen-bond acceptors (Lipinski definition) is 2. The fourth-order valence-electron chi connectivity index (χ4n) is 1.96. The summed E-state index contributed by atoms with van der Waals surface area (Å²) < 4.78 is 1.79. The highest BCUT2D eigenvalue weighted by atomic mass is 16.4. The zero-order valence-electron chi connectivity index (χ0n) is 7.53. The van der Waals surface area contributed by atoms with Crippen LogP contribution in [-0.4, -0.2) is 20.9 Å². The van der Waals surface area contributed by atoms with Gasteiger partial charge in [0.2, 0.25) is 0 Å². The van der Waals surface area contributed by atoms with Crippen molar-refractivity contribution in [1.82, 2.24) is 9.78 Å². The monoisotopic (exact) mass is 180 g/mol. The highest BCUT2D eigenvalue weighted by molar-refractivity contribution is 5.77. The van der Waals surface area contributed by atoms with E-state index in [9.17, 15) is 4.79 Å². The first-order chi connectivity index (χ1) is 6.24. The maximum atomic E-state index is 10.9. The highest BCUT2D eigenvalue weighted by Crippen LogP contribution is 2.32. The van der Waals surface area contributed by atoms with Crippen molar-refractivity contribution in [2.45, 2.75) is 32.2 Å². The predicted molar refractivity (Wildman–Crippen MR) is 46.6 cm³/mol. The largest absolute Gasteiger partial charge is 0.481 e. The molecule has 0 amide bonds. The van der Waals surface area contributed by atoms with E-state index in [2.05, 4.69) is 5.10 Å². The van der Waals surface area contributed by atoms with Gasteiger partial charge in [0.25, 0.3) is 0 Å². The van der Waals surface area contributed by atoms with Gasteiger partial charge < -0.3 is 5.11 Å². The first-order valence-electron chi connectivity index (χ1n) is 4.51. The normalized spacial score (nSPS) is 20.2. The van der Waals surface area contributed by atoms with Gasteiger partial charge in [-0.25, -0.2) is 0 Å². The molecule has 1 heterocycles. The van der Waals surface area contributed by atoms with Crippen LogP contribution in [-0.2, 0) is 17.8 Å². The quantitative estimate of drug-likeness (QED) is 0.739. The zero-order chi connectivity index (χ0) is 9.42. The average Bonchev–Trinajstić information content (AvgIpc) is 2.61. The molecule has 0 radical (unpaired) electrons. The minimum Gasteiger partial charge on any atom is -0.481 e. The van der Waals surface area contributed by atoms with Crippen LogP contribution < -0.4 is 0 Å². The Morgan fingerprint density at radius 3 is 3.23 bits per heavy atom. The molecular weight excluding hydrogens is 168 g/mol. The van der Waals surface area contributed by atoms with Crippen molar-refractivity contribution in [2.75, 3.05) is 0 Å². The van der Waals surface area contributed by atoms with Crippen molar-refractivity contribution in [3.05, 3.63) is 17.5 Å². The summed E-state index contributed by atoms with van der Waals surface area (Å²) in [5.41, 5.74) is 2.02. The predicted octanol–water partition coefficient (Wildman–Crippen LogP) is 1.02. The molecule has 1 N–H and O–H groups in total. The Morgan fingerprint density at radius 1 is 1.85 bits per heavy atom. The highest BCUT2D eigenvalue weighted by Gasteiger charge is 2.31. The molecule has 1 aromatic heterocycles. The molecule has 0 saturated heterocycles. The number of hydrogen-bond donors (Lipinski definition) is 1. The molecule has 1 aliphatic rings. The standard InChI is InChI=1S/C9H12N2O2/c1-2-11-8-6(5-10-11)3-4-7(8)9(12)13/h5,7H,2-4H2,1H3,(H,12,13)/t7-/m1/s1. The number of carboxylic acid groups (broad SMARTS) is 1. The molecule has 0 saturated carbocycles. The third-order valence-corrected chi connectivity index (χ3v) is 2.59. The van der Waals surface area contributed by atoms with Crippen LogP contribution in [0.15, 0.2) is 6.20 Å². The molecule has 4 nitrogen and oxygen atoms in total. The third kappa shape index (κ3) is 1.13. The van der Waals surface area contributed by atoms with Crippen LogP contribution >= 0.6 is 0 Å². The van der Waals surface area contributed by atoms with Gasteiger partial charge in [-0.3, -0.25) is 9.48 Å². The second-order valence-corrected chi connectivity index (χ2v) is 3.30. The van der Waals surface area contributed by atoms with E-state index in [-0.39, 0.29) is 5.92 Å². The summed E-state index contributed by atoms with van der Waals surface area (Å²) in [7, 11) is 0. The van der Waals surface area contributed by atoms with Crippen LogP contribution in [0.1, 0.15) is 30.5 Å². The van der Waals surface area contributed by atoms with Crippen LogP contribution in [0.5, 0.6) is 0 Å². The molecule has 0 unspecified atom stereocenters. The maximum Gasteiger partial charge on any atom is 0.312 e. The number of aryl methyl sites for hydroxylation is 2. The maximum absolute atomic E-state index is 10.9. The minimum absolute atomic E-state index is 0.336. The zero-order valence-corrected chi connectivity index (χ0v) is 7.53. The lowest BCUT2D eigenvalue weighted by molar-refractivity contribution is -0.138. The molecule has 13 heavy (non-hydrogen) atoms. The Morgan fingerprint density at radius 2 is 2.62 bits per heavy atom. The summed E-state index contributed by atoms with van der Waals surface area (Å²) in [5.74, 6) is -1.06. The summed E-state index contributed by atoms with van der Waals surface area (Å²) in [6, 6.07) is 0. The molecular formula is C9H12N2O2. The molecule has 4 heteroatoms. The lowest BCUT2D eigenvalue weighted by atomic mass is 10.1. The first kappa shape index (κ1) is 8.29. The Hall–Kier alpha value is -1.32. The topological polar surface area (TPSA) is 55.1 Å². The van der Waals surface area contributed by atoms with Gasteiger partial charge in [-0.1, -0.05) is 0 Å². The van der Waals surface area contributed by atoms with Crippen molar-refractivity contribution in [1.29, 1.82) is 0 Å². The van der Waals surface area contributed by atoms with Gasteiger partial charge in [-0.15, -0.1) is 0 Å². The average molecular weight is 180 g/mol. The summed E-state index contributed by atoms with van der Waals surface area (Å²) in [5, 5.41) is 13.1. The first-order valence-corrected chi connectivity index (χ1v) is 4.51. The van der Waals surface area contributed by atoms with E-state index in [0.717, 1.165) is 30.6 Å². The molecule has 0 aliphatic heterocycles. The summed E-state index contributed by atoms with van der Waals surface area (Å²) in [4.78, 5) is 10.9. The van der Waals surface area contributed by atoms with Crippen molar-refractivity contribution in [2.24, 2.45) is 0 Å². The number of fused-ring (bicyclic) bond motifs is 1. The number of carboxylic acids is 1. The van der Waals surface area contributed by atoms with Crippen LogP contribution in [0.2, 0.25) is 0 Å². The van der Waals surface area contributed by atoms with Gasteiger partial charge >= 0.3 is 5.97 Å². The summed E-state index contributed by atoms with van der Waals surface area (Å²) in [6.45, 7) is 2.73. The molecule has 0 aromatic carbocycles. The van der Waals surface area contributed by atoms with Crippen molar-refractivity contribution < 1.29 is 9.90 Å². The molecule has 1 aromatic rings. The molecule has 1 atom stereocenters. The van der Waals surface area contributed by atoms with E-state index in [0.29, 0.717) is 0 Å². The van der Waals surface area contributed by atoms with Gasteiger partial charge in [0, 0.05) is 6.54 Å². The second-order valence-electron chi connectivity index (χ2n) is 3.30. The van der Waals surface area contributed by atoms with E-state index < -0.39 is 5.97 Å². The van der Waals surface area contributed by atoms with Gasteiger partial charge in [0.15, 0.2) is 0 Å². The van der Waals surface area contributed by atoms with Gasteiger partial charge in [-0.05, 0) is 25.3 Å². The van der Waals surface area contributed by atoms with Gasteiger partial charge in [-0.2, -0.15) is 5.10 Å². The van der Waals surface area contributed by atoms with Crippen molar-refractivity contribution in [3.8, 4) is 0 Å². The molecule has 0 fully saturated rings. The fraction of sp³-hybridized carbons (Fsp3) is 0.556. The van der Waals surface area contributed by atoms with Gasteiger partial charge in [0.1, 0.15) is 0 Å². The van der Waals surface area contributed by atoms with Crippen molar-refractivity contribution >= 4 is 5.97 Å². The lowest BCUT2D eigenvalue weighted by Gasteiger charge is -2.07. The number of nitrogens with zero attached hydrogens (tertiary/aromatic N) is 2. The lowest BCUT2D eigenvalue weighted by Crippen LogP contribution is -2.13. The Balaban J connectivity index is 2.43. The summed E-state index contributed by atoms with van der Waals surface area (Å²) in [6.07, 6.45) is 3.37. The Bertz CT molecular complexity index is 343. The van der Waals surface area contributed by atoms with E-state index >= 15 is 0 Å². The number of aromatic nitrogens is 2. The van der Waals surface area contributed by atoms with E-state index in [1.54, 1.807) is 10.9 Å². The second kappa shape index (κ2) is 2.87. The number of carbonyl (C=O) groups is 1. The number of aliphatic carboxylic acids is 1. The molecule has 0 bridgehead atoms. The minimum atomic E-state index is -0.728. The summed E-state index contributed by atoms with van der Waals surface area (Å²) >= 11 is 0. The van der Waals surface area contributed by atoms with Crippen LogP contribution in [0.25, 0.3) is 0 Å². The fourth-order valence-corrected chi connectivity index (χ4v) is 1.96. The Kier molecular flexibility index (Phi) is 1.83.